The Hall–Kier alpha value is -0.930. The second kappa shape index (κ2) is 7.71. The van der Waals surface area contributed by atoms with Gasteiger partial charge in [-0.1, -0.05) is 23.8 Å². The number of hydrogen-bond acceptors (Lipinski definition) is 3. The van der Waals surface area contributed by atoms with Crippen LogP contribution < -0.4 is 5.73 Å². The van der Waals surface area contributed by atoms with Gasteiger partial charge in [-0.3, -0.25) is 0 Å². The molecule has 3 nitrogen and oxygen atoms in total. The van der Waals surface area contributed by atoms with Crippen molar-refractivity contribution >= 4 is 6.29 Å². The largest absolute Gasteiger partial charge is 0.400 e. The van der Waals surface area contributed by atoms with E-state index in [0.717, 1.165) is 26.2 Å². The van der Waals surface area contributed by atoms with Gasteiger partial charge in [-0.2, -0.15) is 0 Å². The summed E-state index contributed by atoms with van der Waals surface area (Å²) in [5.74, 6) is 0. The Balaban J connectivity index is 0.000000671. The first kappa shape index (κ1) is 12.1. The molecule has 0 fully saturated rings. The number of nitrogens with two attached hydrogens (primary N) is 1. The van der Waals surface area contributed by atoms with Gasteiger partial charge in [0.2, 0.25) is 0 Å². The van der Waals surface area contributed by atoms with Crippen LogP contribution in [0.1, 0.15) is 19.3 Å². The Bertz CT molecular complexity index is 197. The minimum absolute atomic E-state index is 0.330. The topological polar surface area (TPSA) is 63.3 Å². The van der Waals surface area contributed by atoms with Crippen molar-refractivity contribution in [1.82, 2.24) is 0 Å². The Morgan fingerprint density at radius 2 is 2.31 bits per heavy atom. The van der Waals surface area contributed by atoms with Crippen LogP contribution in [0.2, 0.25) is 0 Å². The van der Waals surface area contributed by atoms with Gasteiger partial charge >= 0.3 is 0 Å². The van der Waals surface area contributed by atoms with E-state index in [1.165, 1.54) is 5.57 Å². The van der Waals surface area contributed by atoms with Gasteiger partial charge < -0.3 is 15.6 Å². The van der Waals surface area contributed by atoms with Crippen LogP contribution in [0.25, 0.3) is 0 Å². The molecule has 0 aliphatic heterocycles. The lowest BCUT2D eigenvalue weighted by atomic mass is 10.0. The molecule has 1 unspecified atom stereocenters. The zero-order chi connectivity index (χ0) is 10.1. The smallest absolute Gasteiger partial charge is 0.137 e. The summed E-state index contributed by atoms with van der Waals surface area (Å²) in [7, 11) is 1.00. The Labute approximate surface area is 78.9 Å². The maximum atomic E-state index is 10.2. The van der Waals surface area contributed by atoms with Crippen LogP contribution in [0.4, 0.5) is 0 Å². The van der Waals surface area contributed by atoms with Gasteiger partial charge in [-0.15, -0.1) is 0 Å². The average Bonchev–Trinajstić information content (AvgIpc) is 2.22. The van der Waals surface area contributed by atoms with Crippen LogP contribution >= 0.6 is 0 Å². The van der Waals surface area contributed by atoms with Gasteiger partial charge in [-0.25, -0.2) is 0 Å². The van der Waals surface area contributed by atoms with Crippen molar-refractivity contribution in [3.63, 3.8) is 0 Å². The van der Waals surface area contributed by atoms with E-state index in [0.29, 0.717) is 6.42 Å². The molecule has 74 valence electrons. The van der Waals surface area contributed by atoms with Crippen LogP contribution in [0.3, 0.4) is 0 Å². The fraction of sp³-hybridized carbons (Fsp3) is 0.500. The Kier molecular flexibility index (Phi) is 7.15. The van der Waals surface area contributed by atoms with Crippen molar-refractivity contribution in [1.29, 1.82) is 0 Å². The summed E-state index contributed by atoms with van der Waals surface area (Å²) in [6.45, 7) is 0. The molecule has 0 amide bonds. The number of carbonyl (C=O) groups is 1. The molecule has 0 aromatic rings. The van der Waals surface area contributed by atoms with E-state index in [1.54, 1.807) is 0 Å². The first-order chi connectivity index (χ1) is 6.33. The normalized spacial score (nSPS) is 16.7. The van der Waals surface area contributed by atoms with Crippen LogP contribution in [0, 0.1) is 0 Å². The van der Waals surface area contributed by atoms with E-state index in [-0.39, 0.29) is 6.04 Å². The van der Waals surface area contributed by atoms with Crippen LogP contribution in [0.5, 0.6) is 0 Å². The summed E-state index contributed by atoms with van der Waals surface area (Å²) in [6, 6.07) is -0.330. The predicted octanol–water partition coefficient (Wildman–Crippen LogP) is 0.788. The van der Waals surface area contributed by atoms with E-state index < -0.39 is 0 Å². The van der Waals surface area contributed by atoms with Gasteiger partial charge in [0.25, 0.3) is 0 Å². The van der Waals surface area contributed by atoms with Gasteiger partial charge in [0.15, 0.2) is 0 Å². The first-order valence-electron chi connectivity index (χ1n) is 4.34. The van der Waals surface area contributed by atoms with E-state index in [9.17, 15) is 4.79 Å². The molecule has 1 aliphatic rings. The molecule has 1 rings (SSSR count). The van der Waals surface area contributed by atoms with E-state index in [1.807, 2.05) is 6.08 Å². The number of aliphatic hydroxyl groups is 1. The van der Waals surface area contributed by atoms with Crippen molar-refractivity contribution in [2.75, 3.05) is 7.11 Å². The fourth-order valence-corrected chi connectivity index (χ4v) is 1.14. The van der Waals surface area contributed by atoms with Crippen molar-refractivity contribution in [2.24, 2.45) is 5.73 Å². The molecule has 0 aromatic carbocycles. The van der Waals surface area contributed by atoms with Crippen LogP contribution in [0.15, 0.2) is 23.8 Å². The molecule has 0 aromatic heterocycles. The second-order valence-corrected chi connectivity index (χ2v) is 2.76. The highest BCUT2D eigenvalue weighted by Gasteiger charge is 2.03. The maximum Gasteiger partial charge on any atom is 0.137 e. The third-order valence-corrected chi connectivity index (χ3v) is 1.72. The molecule has 13 heavy (non-hydrogen) atoms. The minimum Gasteiger partial charge on any atom is -0.400 e. The molecule has 0 heterocycles. The number of allylic oxidation sites excluding steroid dienone is 3. The lowest BCUT2D eigenvalue weighted by Crippen LogP contribution is -2.21. The zero-order valence-electron chi connectivity index (χ0n) is 7.94. The van der Waals surface area contributed by atoms with E-state index in [2.05, 4.69) is 12.2 Å². The van der Waals surface area contributed by atoms with E-state index in [4.69, 9.17) is 10.8 Å². The van der Waals surface area contributed by atoms with Crippen molar-refractivity contribution in [2.45, 2.75) is 25.3 Å². The van der Waals surface area contributed by atoms with Crippen molar-refractivity contribution < 1.29 is 9.90 Å². The number of aldehydes is 1. The number of aliphatic hydroxyl groups excluding tert-OH is 1. The van der Waals surface area contributed by atoms with Gasteiger partial charge in [0.05, 0.1) is 6.04 Å². The van der Waals surface area contributed by atoms with Gasteiger partial charge in [0, 0.05) is 7.11 Å². The van der Waals surface area contributed by atoms with Crippen LogP contribution in [-0.2, 0) is 4.79 Å². The van der Waals surface area contributed by atoms with E-state index >= 15 is 0 Å². The molecule has 1 aliphatic carbocycles. The minimum atomic E-state index is -0.330. The summed E-state index contributed by atoms with van der Waals surface area (Å²) in [4.78, 5) is 10.2. The lowest BCUT2D eigenvalue weighted by Gasteiger charge is -2.07. The van der Waals surface area contributed by atoms with Crippen LogP contribution in [-0.4, -0.2) is 24.5 Å². The monoisotopic (exact) mass is 183 g/mol. The molecule has 1 atom stereocenters. The molecule has 3 N–H and O–H groups in total. The molecular formula is C10H17NO2. The maximum absolute atomic E-state index is 10.2. The second-order valence-electron chi connectivity index (χ2n) is 2.76. The quantitative estimate of drug-likeness (QED) is 0.636. The first-order valence-corrected chi connectivity index (χ1v) is 4.34. The molecule has 0 saturated heterocycles. The summed E-state index contributed by atoms with van der Waals surface area (Å²) < 4.78 is 0. The van der Waals surface area contributed by atoms with Crippen molar-refractivity contribution in [3.8, 4) is 0 Å². The standard InChI is InChI=1S/C9H13NO.CH4O/c10-9(7-11)6-8-4-2-1-3-5-8;1-2/h2,4-5,7,9H,1,3,6,10H2;2H,1H3. The molecular weight excluding hydrogens is 166 g/mol. The predicted molar refractivity (Wildman–Crippen MR) is 53.3 cm³/mol. The summed E-state index contributed by atoms with van der Waals surface area (Å²) >= 11 is 0. The SMILES string of the molecule is CO.NC(C=O)CC1=CCCC=C1. The molecule has 0 spiro atoms. The zero-order valence-corrected chi connectivity index (χ0v) is 7.94. The Morgan fingerprint density at radius 3 is 2.77 bits per heavy atom. The highest BCUT2D eigenvalue weighted by atomic mass is 16.2. The third kappa shape index (κ3) is 5.33. The number of hydrogen-bond donors (Lipinski definition) is 2. The Morgan fingerprint density at radius 1 is 1.62 bits per heavy atom. The van der Waals surface area contributed by atoms with Gasteiger partial charge in [0.1, 0.15) is 6.29 Å². The molecule has 0 bridgehead atoms. The number of carbonyl (C=O) groups excluding carboxylic acids is 1. The molecule has 0 radical (unpaired) electrons. The summed E-state index contributed by atoms with van der Waals surface area (Å²) in [6.07, 6.45) is 9.98. The summed E-state index contributed by atoms with van der Waals surface area (Å²) in [5, 5.41) is 7.00. The third-order valence-electron chi connectivity index (χ3n) is 1.72. The highest BCUT2D eigenvalue weighted by molar-refractivity contribution is 5.58. The fourth-order valence-electron chi connectivity index (χ4n) is 1.14. The van der Waals surface area contributed by atoms with Gasteiger partial charge in [-0.05, 0) is 19.3 Å². The molecule has 3 heteroatoms. The van der Waals surface area contributed by atoms with Crippen molar-refractivity contribution in [3.05, 3.63) is 23.8 Å². The lowest BCUT2D eigenvalue weighted by molar-refractivity contribution is -0.108. The summed E-state index contributed by atoms with van der Waals surface area (Å²) in [5.41, 5.74) is 6.65. The number of rotatable bonds is 3. The molecule has 0 saturated carbocycles. The average molecular weight is 183 g/mol. The highest BCUT2D eigenvalue weighted by Crippen LogP contribution is 2.13.